The van der Waals surface area contributed by atoms with Crippen LogP contribution < -0.4 is 0 Å². The predicted octanol–water partition coefficient (Wildman–Crippen LogP) is 5.65. The maximum Gasteiger partial charge on any atom is 0.417 e. The number of amides is 1. The Morgan fingerprint density at radius 2 is 1.55 bits per heavy atom. The van der Waals surface area contributed by atoms with E-state index in [4.69, 9.17) is 0 Å². The molecular weight excluding hydrogens is 425 g/mol. The third kappa shape index (κ3) is 5.63. The molecule has 4 rings (SSSR count). The van der Waals surface area contributed by atoms with Crippen molar-refractivity contribution >= 4 is 5.91 Å². The van der Waals surface area contributed by atoms with E-state index in [1.165, 1.54) is 17.7 Å². The summed E-state index contributed by atoms with van der Waals surface area (Å²) < 4.78 is 40.1. The van der Waals surface area contributed by atoms with Gasteiger partial charge in [0.25, 0.3) is 0 Å². The van der Waals surface area contributed by atoms with Crippen LogP contribution in [0.3, 0.4) is 0 Å². The van der Waals surface area contributed by atoms with Gasteiger partial charge in [0.2, 0.25) is 5.91 Å². The fourth-order valence-corrected chi connectivity index (χ4v) is 4.57. The van der Waals surface area contributed by atoms with Gasteiger partial charge in [0.05, 0.1) is 5.56 Å². The molecule has 1 amide bonds. The van der Waals surface area contributed by atoms with E-state index in [0.717, 1.165) is 31.1 Å². The molecule has 1 atom stereocenters. The molecule has 0 bridgehead atoms. The highest BCUT2D eigenvalue weighted by atomic mass is 19.4. The predicted molar refractivity (Wildman–Crippen MR) is 123 cm³/mol. The van der Waals surface area contributed by atoms with Crippen LogP contribution in [-0.2, 0) is 23.9 Å². The molecule has 172 valence electrons. The molecule has 1 saturated heterocycles. The lowest BCUT2D eigenvalue weighted by Crippen LogP contribution is -2.55. The molecule has 1 fully saturated rings. The third-order valence-corrected chi connectivity index (χ3v) is 6.19. The minimum absolute atomic E-state index is 0.0864. The molecule has 0 saturated carbocycles. The lowest BCUT2D eigenvalue weighted by Gasteiger charge is -2.41. The van der Waals surface area contributed by atoms with E-state index in [0.29, 0.717) is 18.7 Å². The van der Waals surface area contributed by atoms with Crippen LogP contribution in [0.5, 0.6) is 0 Å². The Bertz CT molecular complexity index is 1080. The van der Waals surface area contributed by atoms with Gasteiger partial charge in [-0.05, 0) is 34.7 Å². The highest BCUT2D eigenvalue weighted by Gasteiger charge is 2.33. The van der Waals surface area contributed by atoms with E-state index in [1.54, 1.807) is 25.1 Å². The number of halogens is 3. The molecule has 0 radical (unpaired) electrons. The molecule has 1 heterocycles. The third-order valence-electron chi connectivity index (χ3n) is 6.19. The number of piperazine rings is 1. The molecule has 3 aromatic rings. The Balaban J connectivity index is 1.47. The number of alkyl halides is 3. The van der Waals surface area contributed by atoms with Crippen molar-refractivity contribution in [2.24, 2.45) is 0 Å². The summed E-state index contributed by atoms with van der Waals surface area (Å²) in [6.45, 7) is 4.50. The fraction of sp³-hybridized carbons (Fsp3) is 0.296. The van der Waals surface area contributed by atoms with Gasteiger partial charge in [0, 0.05) is 39.1 Å². The van der Waals surface area contributed by atoms with Crippen LogP contribution in [0, 0.1) is 0 Å². The fourth-order valence-electron chi connectivity index (χ4n) is 4.57. The molecule has 0 aromatic heterocycles. The molecule has 3 aromatic carbocycles. The summed E-state index contributed by atoms with van der Waals surface area (Å²) in [5, 5.41) is 0. The van der Waals surface area contributed by atoms with Crippen LogP contribution in [0.15, 0.2) is 78.9 Å². The number of rotatable bonds is 5. The zero-order valence-electron chi connectivity index (χ0n) is 18.6. The first kappa shape index (κ1) is 23.1. The van der Waals surface area contributed by atoms with Gasteiger partial charge in [-0.25, -0.2) is 0 Å². The zero-order valence-corrected chi connectivity index (χ0v) is 18.6. The van der Waals surface area contributed by atoms with Gasteiger partial charge in [-0.15, -0.1) is 0 Å². The molecule has 33 heavy (non-hydrogen) atoms. The van der Waals surface area contributed by atoms with E-state index in [2.05, 4.69) is 17.0 Å². The summed E-state index contributed by atoms with van der Waals surface area (Å²) in [6, 6.07) is 23.2. The van der Waals surface area contributed by atoms with E-state index >= 15 is 0 Å². The Morgan fingerprint density at radius 1 is 0.879 bits per heavy atom. The smallest absolute Gasteiger partial charge is 0.337 e. The average Bonchev–Trinajstić information content (AvgIpc) is 2.80. The minimum Gasteiger partial charge on any atom is -0.337 e. The van der Waals surface area contributed by atoms with Crippen molar-refractivity contribution in [3.05, 3.63) is 95.6 Å². The van der Waals surface area contributed by atoms with Crippen LogP contribution >= 0.6 is 0 Å². The standard InChI is InChI=1S/C27H27F3N2O/c1-20(33)32-16-15-31(19-24(32)17-21-7-3-2-4-8-21)18-22-11-13-23(14-12-22)25-9-5-6-10-26(25)27(28,29)30/h2-14,24H,15-19H2,1H3/t24-/m0/s1. The van der Waals surface area contributed by atoms with Crippen molar-refractivity contribution in [2.75, 3.05) is 19.6 Å². The second-order valence-corrected chi connectivity index (χ2v) is 8.53. The van der Waals surface area contributed by atoms with Crippen LogP contribution in [0.4, 0.5) is 13.2 Å². The summed E-state index contributed by atoms with van der Waals surface area (Å²) in [4.78, 5) is 16.4. The highest BCUT2D eigenvalue weighted by Crippen LogP contribution is 2.37. The van der Waals surface area contributed by atoms with Gasteiger partial charge in [-0.2, -0.15) is 13.2 Å². The van der Waals surface area contributed by atoms with Crippen LogP contribution in [0.25, 0.3) is 11.1 Å². The SMILES string of the molecule is CC(=O)N1CCN(Cc2ccc(-c3ccccc3C(F)(F)F)cc2)C[C@@H]1Cc1ccccc1. The highest BCUT2D eigenvalue weighted by molar-refractivity contribution is 5.73. The second kappa shape index (κ2) is 9.79. The average molecular weight is 453 g/mol. The monoisotopic (exact) mass is 452 g/mol. The van der Waals surface area contributed by atoms with Crippen LogP contribution in [0.2, 0.25) is 0 Å². The summed E-state index contributed by atoms with van der Waals surface area (Å²) in [5.74, 6) is 0.0864. The topological polar surface area (TPSA) is 23.6 Å². The maximum atomic E-state index is 13.4. The van der Waals surface area contributed by atoms with Gasteiger partial charge in [-0.1, -0.05) is 72.8 Å². The molecule has 0 spiro atoms. The first-order valence-electron chi connectivity index (χ1n) is 11.1. The normalized spacial score (nSPS) is 17.2. The van der Waals surface area contributed by atoms with Gasteiger partial charge < -0.3 is 4.90 Å². The number of carbonyl (C=O) groups excluding carboxylic acids is 1. The zero-order chi connectivity index (χ0) is 23.4. The number of hydrogen-bond acceptors (Lipinski definition) is 2. The summed E-state index contributed by atoms with van der Waals surface area (Å²) in [5.41, 5.74) is 2.35. The van der Waals surface area contributed by atoms with Gasteiger partial charge in [0.15, 0.2) is 0 Å². The van der Waals surface area contributed by atoms with Gasteiger partial charge in [0.1, 0.15) is 0 Å². The van der Waals surface area contributed by atoms with E-state index in [9.17, 15) is 18.0 Å². The summed E-state index contributed by atoms with van der Waals surface area (Å²) in [7, 11) is 0. The molecule has 6 heteroatoms. The molecule has 0 N–H and O–H groups in total. The second-order valence-electron chi connectivity index (χ2n) is 8.53. The Kier molecular flexibility index (Phi) is 6.84. The molecule has 3 nitrogen and oxygen atoms in total. The molecule has 0 aliphatic carbocycles. The Labute approximate surface area is 192 Å². The van der Waals surface area contributed by atoms with Gasteiger partial charge in [-0.3, -0.25) is 9.69 Å². The largest absolute Gasteiger partial charge is 0.417 e. The Hall–Kier alpha value is -3.12. The van der Waals surface area contributed by atoms with Crippen molar-refractivity contribution < 1.29 is 18.0 Å². The van der Waals surface area contributed by atoms with Crippen molar-refractivity contribution in [3.8, 4) is 11.1 Å². The number of carbonyl (C=O) groups is 1. The molecular formula is C27H27F3N2O. The van der Waals surface area contributed by atoms with Crippen molar-refractivity contribution in [3.63, 3.8) is 0 Å². The van der Waals surface area contributed by atoms with Crippen molar-refractivity contribution in [2.45, 2.75) is 32.1 Å². The molecule has 0 unspecified atom stereocenters. The van der Waals surface area contributed by atoms with E-state index in [-0.39, 0.29) is 17.5 Å². The number of hydrogen-bond donors (Lipinski definition) is 0. The molecule has 1 aliphatic heterocycles. The van der Waals surface area contributed by atoms with Crippen LogP contribution in [-0.4, -0.2) is 41.4 Å². The minimum atomic E-state index is -4.39. The Morgan fingerprint density at radius 3 is 2.21 bits per heavy atom. The lowest BCUT2D eigenvalue weighted by atomic mass is 9.98. The summed E-state index contributed by atoms with van der Waals surface area (Å²) >= 11 is 0. The number of nitrogens with zero attached hydrogens (tertiary/aromatic N) is 2. The van der Waals surface area contributed by atoms with Crippen molar-refractivity contribution in [1.29, 1.82) is 0 Å². The quantitative estimate of drug-likeness (QED) is 0.500. The van der Waals surface area contributed by atoms with E-state index < -0.39 is 11.7 Å². The number of benzene rings is 3. The van der Waals surface area contributed by atoms with E-state index in [1.807, 2.05) is 35.2 Å². The first-order chi connectivity index (χ1) is 15.8. The molecule has 1 aliphatic rings. The van der Waals surface area contributed by atoms with Gasteiger partial charge >= 0.3 is 6.18 Å². The summed E-state index contributed by atoms with van der Waals surface area (Å²) in [6.07, 6.45) is -3.59. The lowest BCUT2D eigenvalue weighted by molar-refractivity contribution is -0.137. The van der Waals surface area contributed by atoms with Crippen LogP contribution in [0.1, 0.15) is 23.6 Å². The maximum absolute atomic E-state index is 13.4. The van der Waals surface area contributed by atoms with Crippen molar-refractivity contribution in [1.82, 2.24) is 9.80 Å². The first-order valence-corrected chi connectivity index (χ1v) is 11.1.